The van der Waals surface area contributed by atoms with Gasteiger partial charge in [-0.15, -0.1) is 0 Å². The molecule has 1 N–H and O–H groups in total. The van der Waals surface area contributed by atoms with Crippen LogP contribution in [0, 0.1) is 5.92 Å². The van der Waals surface area contributed by atoms with Gasteiger partial charge in [-0.2, -0.15) is 0 Å². The molecule has 4 nitrogen and oxygen atoms in total. The van der Waals surface area contributed by atoms with Crippen LogP contribution in [0.15, 0.2) is 48.5 Å². The second-order valence-electron chi connectivity index (χ2n) is 8.21. The lowest BCUT2D eigenvalue weighted by Gasteiger charge is -2.50. The van der Waals surface area contributed by atoms with E-state index in [4.69, 9.17) is 16.3 Å². The molecule has 0 aromatic heterocycles. The molecule has 0 saturated carbocycles. The van der Waals surface area contributed by atoms with E-state index in [9.17, 15) is 4.79 Å². The van der Waals surface area contributed by atoms with E-state index < -0.39 is 0 Å². The molecule has 1 fully saturated rings. The molecule has 0 bridgehead atoms. The first kappa shape index (κ1) is 21.7. The second-order valence-corrected chi connectivity index (χ2v) is 8.62. The van der Waals surface area contributed by atoms with Crippen LogP contribution >= 0.6 is 11.6 Å². The zero-order chi connectivity index (χ0) is 21.0. The van der Waals surface area contributed by atoms with Crippen molar-refractivity contribution < 1.29 is 9.53 Å². The number of nitrogens with one attached hydrogen (secondary N) is 1. The van der Waals surface area contributed by atoms with E-state index >= 15 is 0 Å². The Balaban J connectivity index is 1.94. The van der Waals surface area contributed by atoms with Crippen LogP contribution in [0.2, 0.25) is 5.02 Å². The third kappa shape index (κ3) is 4.59. The molecule has 1 amide bonds. The molecule has 1 saturated heterocycles. The number of likely N-dealkylation sites (tertiary alicyclic amines) is 1. The van der Waals surface area contributed by atoms with Gasteiger partial charge in [-0.1, -0.05) is 55.3 Å². The van der Waals surface area contributed by atoms with Crippen molar-refractivity contribution in [2.24, 2.45) is 5.92 Å². The molecule has 2 aromatic rings. The van der Waals surface area contributed by atoms with Crippen molar-refractivity contribution in [1.82, 2.24) is 10.2 Å². The number of carbonyl (C=O) groups excluding carboxylic acids is 1. The molecular weight excluding hydrogens is 384 g/mol. The van der Waals surface area contributed by atoms with Gasteiger partial charge in [0.15, 0.2) is 0 Å². The van der Waals surface area contributed by atoms with Gasteiger partial charge in [-0.25, -0.2) is 0 Å². The maximum atomic E-state index is 13.3. The lowest BCUT2D eigenvalue weighted by atomic mass is 9.75. The van der Waals surface area contributed by atoms with E-state index in [0.717, 1.165) is 24.9 Å². The van der Waals surface area contributed by atoms with E-state index in [-0.39, 0.29) is 17.5 Å². The van der Waals surface area contributed by atoms with E-state index in [1.165, 1.54) is 6.42 Å². The molecule has 1 aliphatic rings. The van der Waals surface area contributed by atoms with Gasteiger partial charge < -0.3 is 10.1 Å². The van der Waals surface area contributed by atoms with Crippen molar-refractivity contribution in [2.45, 2.75) is 44.7 Å². The van der Waals surface area contributed by atoms with Gasteiger partial charge in [0, 0.05) is 12.1 Å². The number of hydrogen-bond donors (Lipinski definition) is 1. The minimum absolute atomic E-state index is 0.152. The number of piperidine rings is 1. The molecule has 29 heavy (non-hydrogen) atoms. The van der Waals surface area contributed by atoms with Crippen molar-refractivity contribution >= 4 is 17.5 Å². The monoisotopic (exact) mass is 414 g/mol. The summed E-state index contributed by atoms with van der Waals surface area (Å²) in [4.78, 5) is 15.7. The molecule has 0 spiro atoms. The molecule has 0 aliphatic carbocycles. The van der Waals surface area contributed by atoms with Gasteiger partial charge in [0.2, 0.25) is 0 Å². The van der Waals surface area contributed by atoms with Crippen LogP contribution in [-0.4, -0.2) is 37.0 Å². The number of nitrogens with zero attached hydrogens (tertiary/aromatic N) is 1. The van der Waals surface area contributed by atoms with Gasteiger partial charge in [-0.3, -0.25) is 9.69 Å². The van der Waals surface area contributed by atoms with Crippen molar-refractivity contribution in [3.8, 4) is 5.75 Å². The van der Waals surface area contributed by atoms with Crippen molar-refractivity contribution in [2.75, 3.05) is 20.7 Å². The molecule has 156 valence electrons. The molecule has 3 rings (SSSR count). The first-order chi connectivity index (χ1) is 13.9. The minimum atomic E-state index is -0.186. The molecule has 5 heteroatoms. The van der Waals surface area contributed by atoms with Crippen LogP contribution in [-0.2, 0) is 0 Å². The van der Waals surface area contributed by atoms with E-state index in [1.807, 2.05) is 18.2 Å². The van der Waals surface area contributed by atoms with Crippen LogP contribution in [0.5, 0.6) is 5.75 Å². The van der Waals surface area contributed by atoms with Gasteiger partial charge in [-0.05, 0) is 56.5 Å². The molecular formula is C24H31ClN2O2. The molecule has 1 heterocycles. The number of rotatable bonds is 6. The first-order valence-electron chi connectivity index (χ1n) is 10.3. The molecule has 2 aromatic carbocycles. The van der Waals surface area contributed by atoms with Crippen molar-refractivity contribution in [3.63, 3.8) is 0 Å². The van der Waals surface area contributed by atoms with Crippen LogP contribution < -0.4 is 10.1 Å². The fraction of sp³-hybridized carbons (Fsp3) is 0.458. The van der Waals surface area contributed by atoms with Crippen molar-refractivity contribution in [3.05, 3.63) is 64.7 Å². The Bertz CT molecular complexity index is 842. The Morgan fingerprint density at radius 1 is 1.31 bits per heavy atom. The maximum absolute atomic E-state index is 13.3. The summed E-state index contributed by atoms with van der Waals surface area (Å²) in [6.07, 6.45) is 3.37. The Kier molecular flexibility index (Phi) is 6.86. The van der Waals surface area contributed by atoms with Crippen LogP contribution in [0.3, 0.4) is 0 Å². The summed E-state index contributed by atoms with van der Waals surface area (Å²) in [7, 11) is 3.75. The molecule has 0 radical (unpaired) electrons. The van der Waals surface area contributed by atoms with E-state index in [1.54, 1.807) is 25.3 Å². The smallest absolute Gasteiger partial charge is 0.253 e. The minimum Gasteiger partial charge on any atom is -0.497 e. The van der Waals surface area contributed by atoms with Gasteiger partial charge >= 0.3 is 0 Å². The molecule has 3 atom stereocenters. The SMILES string of the molecule is CCC1CCC(C)(C(NC(=O)c2cc(OC)ccc2Cl)c2ccccc2)N(C)C1. The normalized spacial score (nSPS) is 23.4. The quantitative estimate of drug-likeness (QED) is 0.694. The molecule has 1 aliphatic heterocycles. The summed E-state index contributed by atoms with van der Waals surface area (Å²) >= 11 is 6.34. The largest absolute Gasteiger partial charge is 0.497 e. The number of likely N-dealkylation sites (N-methyl/N-ethyl adjacent to an activating group) is 1. The number of hydrogen-bond acceptors (Lipinski definition) is 3. The summed E-state index contributed by atoms with van der Waals surface area (Å²) in [5.74, 6) is 1.13. The Morgan fingerprint density at radius 3 is 2.66 bits per heavy atom. The summed E-state index contributed by atoms with van der Waals surface area (Å²) < 4.78 is 5.28. The zero-order valence-corrected chi connectivity index (χ0v) is 18.5. The zero-order valence-electron chi connectivity index (χ0n) is 17.7. The highest BCUT2D eigenvalue weighted by Gasteiger charge is 2.43. The highest BCUT2D eigenvalue weighted by molar-refractivity contribution is 6.33. The Labute approximate surface area is 179 Å². The van der Waals surface area contributed by atoms with Gasteiger partial charge in [0.1, 0.15) is 5.75 Å². The highest BCUT2D eigenvalue weighted by Crippen LogP contribution is 2.40. The van der Waals surface area contributed by atoms with E-state index in [0.29, 0.717) is 22.3 Å². The Morgan fingerprint density at radius 2 is 2.03 bits per heavy atom. The number of carbonyl (C=O) groups is 1. The third-order valence-corrected chi connectivity index (χ3v) is 6.82. The lowest BCUT2D eigenvalue weighted by Crippen LogP contribution is -2.57. The predicted molar refractivity (Wildman–Crippen MR) is 119 cm³/mol. The lowest BCUT2D eigenvalue weighted by molar-refractivity contribution is 0.0229. The number of amides is 1. The Hall–Kier alpha value is -2.04. The number of ether oxygens (including phenoxy) is 1. The molecule has 3 unspecified atom stereocenters. The summed E-state index contributed by atoms with van der Waals surface area (Å²) in [5, 5.41) is 3.71. The average Bonchev–Trinajstić information content (AvgIpc) is 2.74. The van der Waals surface area contributed by atoms with Crippen molar-refractivity contribution in [1.29, 1.82) is 0 Å². The number of benzene rings is 2. The second kappa shape index (κ2) is 9.19. The van der Waals surface area contributed by atoms with Crippen LogP contribution in [0.1, 0.15) is 55.1 Å². The topological polar surface area (TPSA) is 41.6 Å². The highest BCUT2D eigenvalue weighted by atomic mass is 35.5. The first-order valence-corrected chi connectivity index (χ1v) is 10.7. The summed E-state index contributed by atoms with van der Waals surface area (Å²) in [6, 6.07) is 15.2. The van der Waals surface area contributed by atoms with Gasteiger partial charge in [0.25, 0.3) is 5.91 Å². The number of methoxy groups -OCH3 is 1. The average molecular weight is 415 g/mol. The van der Waals surface area contributed by atoms with Crippen LogP contribution in [0.25, 0.3) is 0 Å². The maximum Gasteiger partial charge on any atom is 0.253 e. The summed E-state index contributed by atoms with van der Waals surface area (Å²) in [5.41, 5.74) is 1.35. The summed E-state index contributed by atoms with van der Waals surface area (Å²) in [6.45, 7) is 5.54. The van der Waals surface area contributed by atoms with Gasteiger partial charge in [0.05, 0.1) is 23.7 Å². The predicted octanol–water partition coefficient (Wildman–Crippen LogP) is 5.33. The fourth-order valence-corrected chi connectivity index (χ4v) is 4.53. The third-order valence-electron chi connectivity index (χ3n) is 6.49. The van der Waals surface area contributed by atoms with E-state index in [2.05, 4.69) is 43.2 Å². The number of halogens is 1. The van der Waals surface area contributed by atoms with Crippen LogP contribution in [0.4, 0.5) is 0 Å². The fourth-order valence-electron chi connectivity index (χ4n) is 4.33. The standard InChI is InChI=1S/C24H31ClN2O2/c1-5-17-13-14-24(2,27(3)16-17)22(18-9-7-6-8-10-18)26-23(28)20-15-19(29-4)11-12-21(20)25/h6-12,15,17,22H,5,13-14,16H2,1-4H3,(H,26,28).